The Hall–Kier alpha value is -2.29. The summed E-state index contributed by atoms with van der Waals surface area (Å²) in [5.41, 5.74) is 0.841. The van der Waals surface area contributed by atoms with Gasteiger partial charge in [-0.2, -0.15) is 8.89 Å². The Bertz CT molecular complexity index is 915. The minimum Gasteiger partial charge on any atom is -0.353 e. The third-order valence-electron chi connectivity index (χ3n) is 5.08. The average molecular weight is 370 g/mol. The second kappa shape index (κ2) is 6.46. The van der Waals surface area contributed by atoms with Gasteiger partial charge in [-0.1, -0.05) is 6.92 Å². The second-order valence-corrected chi connectivity index (χ2v) is 7.70. The van der Waals surface area contributed by atoms with Gasteiger partial charge < -0.3 is 9.80 Å². The van der Waals surface area contributed by atoms with Gasteiger partial charge in [-0.15, -0.1) is 15.3 Å². The van der Waals surface area contributed by atoms with E-state index in [1.807, 2.05) is 10.6 Å². The summed E-state index contributed by atoms with van der Waals surface area (Å²) in [6.07, 6.45) is 4.38. The molecule has 3 aromatic rings. The number of rotatable bonds is 4. The zero-order valence-corrected chi connectivity index (χ0v) is 15.7. The summed E-state index contributed by atoms with van der Waals surface area (Å²) in [4.78, 5) is 9.35. The zero-order chi connectivity index (χ0) is 17.5. The summed E-state index contributed by atoms with van der Waals surface area (Å²) in [5, 5.41) is 14.5. The lowest BCUT2D eigenvalue weighted by Crippen LogP contribution is -2.31. The van der Waals surface area contributed by atoms with Crippen LogP contribution >= 0.6 is 11.5 Å². The number of hydrogen-bond donors (Lipinski definition) is 0. The quantitative estimate of drug-likeness (QED) is 0.696. The van der Waals surface area contributed by atoms with Gasteiger partial charge in [0.1, 0.15) is 11.6 Å². The summed E-state index contributed by atoms with van der Waals surface area (Å²) in [7, 11) is 0. The normalized spacial score (nSPS) is 18.5. The number of aromatic nitrogens is 6. The van der Waals surface area contributed by atoms with Gasteiger partial charge in [0.05, 0.1) is 0 Å². The fourth-order valence-electron chi connectivity index (χ4n) is 3.42. The number of fused-ring (bicyclic) bond motifs is 1. The van der Waals surface area contributed by atoms with Crippen molar-refractivity contribution in [3.63, 3.8) is 0 Å². The van der Waals surface area contributed by atoms with Gasteiger partial charge in [-0.3, -0.25) is 0 Å². The highest BCUT2D eigenvalue weighted by Crippen LogP contribution is 2.38. The fraction of sp³-hybridized carbons (Fsp3) is 0.588. The minimum atomic E-state index is 0.539. The van der Waals surface area contributed by atoms with Crippen LogP contribution in [-0.2, 0) is 6.42 Å². The van der Waals surface area contributed by atoms with E-state index in [0.29, 0.717) is 5.92 Å². The molecule has 0 spiro atoms. The monoisotopic (exact) mass is 370 g/mol. The first-order chi connectivity index (χ1) is 12.8. The largest absolute Gasteiger partial charge is 0.353 e. The van der Waals surface area contributed by atoms with E-state index in [9.17, 15) is 0 Å². The average Bonchev–Trinajstić information content (AvgIpc) is 3.33. The molecule has 0 radical (unpaired) electrons. The standard InChI is InChI=1S/C17H22N8S/c1-2-13-18-17(26-22-13)24-9-3-8-23(10-11-24)15-7-6-14-19-20-16(12-4-5-12)25(14)21-15/h6-7,12H,2-5,8-11H2,1H3. The van der Waals surface area contributed by atoms with Crippen molar-refractivity contribution < 1.29 is 0 Å². The molecule has 5 rings (SSSR count). The summed E-state index contributed by atoms with van der Waals surface area (Å²) >= 11 is 1.51. The SMILES string of the molecule is CCc1nsc(N2CCCN(c3ccc4nnc(C5CC5)n4n3)CC2)n1. The molecular formula is C17H22N8S. The van der Waals surface area contributed by atoms with Crippen LogP contribution in [0.1, 0.15) is 43.8 Å². The van der Waals surface area contributed by atoms with E-state index < -0.39 is 0 Å². The molecule has 1 saturated carbocycles. The van der Waals surface area contributed by atoms with E-state index >= 15 is 0 Å². The molecule has 0 bridgehead atoms. The highest BCUT2D eigenvalue weighted by molar-refractivity contribution is 7.09. The second-order valence-electron chi connectivity index (χ2n) is 6.97. The Balaban J connectivity index is 1.35. The lowest BCUT2D eigenvalue weighted by Gasteiger charge is -2.22. The molecule has 136 valence electrons. The van der Waals surface area contributed by atoms with Crippen molar-refractivity contribution in [1.82, 2.24) is 29.2 Å². The molecule has 0 N–H and O–H groups in total. The molecule has 0 aromatic carbocycles. The van der Waals surface area contributed by atoms with Crippen LogP contribution < -0.4 is 9.80 Å². The smallest absolute Gasteiger partial charge is 0.205 e. The van der Waals surface area contributed by atoms with Crippen molar-refractivity contribution in [3.8, 4) is 0 Å². The molecule has 1 aliphatic heterocycles. The van der Waals surface area contributed by atoms with Crippen LogP contribution in [0.5, 0.6) is 0 Å². The van der Waals surface area contributed by atoms with Crippen LogP contribution in [0.15, 0.2) is 12.1 Å². The zero-order valence-electron chi connectivity index (χ0n) is 14.9. The Morgan fingerprint density at radius 2 is 1.92 bits per heavy atom. The van der Waals surface area contributed by atoms with Gasteiger partial charge in [0.25, 0.3) is 0 Å². The molecule has 0 atom stereocenters. The van der Waals surface area contributed by atoms with Crippen LogP contribution in [0, 0.1) is 0 Å². The first-order valence-corrected chi connectivity index (χ1v) is 10.1. The van der Waals surface area contributed by atoms with Crippen LogP contribution in [-0.4, -0.2) is 55.3 Å². The van der Waals surface area contributed by atoms with E-state index in [1.54, 1.807) is 0 Å². The summed E-state index contributed by atoms with van der Waals surface area (Å²) < 4.78 is 6.36. The maximum absolute atomic E-state index is 4.85. The topological polar surface area (TPSA) is 75.3 Å². The molecule has 3 aromatic heterocycles. The first-order valence-electron chi connectivity index (χ1n) is 9.36. The third-order valence-corrected chi connectivity index (χ3v) is 5.89. The van der Waals surface area contributed by atoms with Gasteiger partial charge in [-0.25, -0.2) is 4.98 Å². The first kappa shape index (κ1) is 15.9. The maximum Gasteiger partial charge on any atom is 0.205 e. The van der Waals surface area contributed by atoms with Gasteiger partial charge in [-0.05, 0) is 31.4 Å². The lowest BCUT2D eigenvalue weighted by atomic mass is 10.3. The molecule has 2 aliphatic rings. The predicted molar refractivity (Wildman–Crippen MR) is 101 cm³/mol. The Morgan fingerprint density at radius 3 is 2.73 bits per heavy atom. The Labute approximate surface area is 156 Å². The van der Waals surface area contributed by atoms with Crippen LogP contribution in [0.4, 0.5) is 10.9 Å². The molecule has 1 saturated heterocycles. The minimum absolute atomic E-state index is 0.539. The fourth-order valence-corrected chi connectivity index (χ4v) is 4.22. The van der Waals surface area contributed by atoms with Crippen molar-refractivity contribution in [2.75, 3.05) is 36.0 Å². The molecule has 2 fully saturated rings. The van der Waals surface area contributed by atoms with Gasteiger partial charge >= 0.3 is 0 Å². The van der Waals surface area contributed by atoms with Crippen molar-refractivity contribution in [3.05, 3.63) is 23.8 Å². The van der Waals surface area contributed by atoms with Crippen molar-refractivity contribution in [2.45, 2.75) is 38.5 Å². The molecule has 8 nitrogen and oxygen atoms in total. The van der Waals surface area contributed by atoms with Gasteiger partial charge in [0.15, 0.2) is 11.5 Å². The van der Waals surface area contributed by atoms with E-state index in [0.717, 1.165) is 67.3 Å². The van der Waals surface area contributed by atoms with E-state index in [-0.39, 0.29) is 0 Å². The van der Waals surface area contributed by atoms with E-state index in [4.69, 9.17) is 5.10 Å². The molecular weight excluding hydrogens is 348 g/mol. The van der Waals surface area contributed by atoms with Crippen LogP contribution in [0.2, 0.25) is 0 Å². The van der Waals surface area contributed by atoms with Crippen LogP contribution in [0.25, 0.3) is 5.65 Å². The lowest BCUT2D eigenvalue weighted by molar-refractivity contribution is 0.756. The summed E-state index contributed by atoms with van der Waals surface area (Å²) in [6, 6.07) is 4.10. The number of hydrogen-bond acceptors (Lipinski definition) is 8. The summed E-state index contributed by atoms with van der Waals surface area (Å²) in [6.45, 7) is 5.97. The highest BCUT2D eigenvalue weighted by atomic mass is 32.1. The maximum atomic E-state index is 4.85. The highest BCUT2D eigenvalue weighted by Gasteiger charge is 2.29. The molecule has 4 heterocycles. The Kier molecular flexibility index (Phi) is 3.96. The van der Waals surface area contributed by atoms with Gasteiger partial charge in [0.2, 0.25) is 5.13 Å². The number of aryl methyl sites for hydroxylation is 1. The number of anilines is 2. The molecule has 0 unspecified atom stereocenters. The van der Waals surface area contributed by atoms with Crippen molar-refractivity contribution in [2.24, 2.45) is 0 Å². The van der Waals surface area contributed by atoms with Gasteiger partial charge in [0, 0.05) is 50.1 Å². The predicted octanol–water partition coefficient (Wildman–Crippen LogP) is 2.13. The molecule has 9 heteroatoms. The van der Waals surface area contributed by atoms with Crippen LogP contribution in [0.3, 0.4) is 0 Å². The summed E-state index contributed by atoms with van der Waals surface area (Å²) in [5.74, 6) is 3.50. The third kappa shape index (κ3) is 2.90. The molecule has 26 heavy (non-hydrogen) atoms. The van der Waals surface area contributed by atoms with E-state index in [1.165, 1.54) is 24.4 Å². The molecule has 0 amide bonds. The number of nitrogens with zero attached hydrogens (tertiary/aromatic N) is 8. The van der Waals surface area contributed by atoms with E-state index in [2.05, 4.69) is 42.3 Å². The van der Waals surface area contributed by atoms with Crippen molar-refractivity contribution in [1.29, 1.82) is 0 Å². The molecule has 1 aliphatic carbocycles. The Morgan fingerprint density at radius 1 is 1.08 bits per heavy atom. The van der Waals surface area contributed by atoms with Crippen molar-refractivity contribution >= 4 is 28.1 Å².